The molecule has 0 saturated carbocycles. The standard InChI is InChI=1S/C18H36O2.Cu.H2O4S/c1-2-3-4-5-6-7-8-9-10-11-12-13-14-15-16-17-18(19)20;;1-5(2,3)4/h2-17H2,1H3,(H,19,20);;(H2,1,2,3,4)/q;+2;/p-2. The van der Waals surface area contributed by atoms with Gasteiger partial charge in [0.1, 0.15) is 0 Å². The number of carboxylic acids is 1. The van der Waals surface area contributed by atoms with Crippen molar-refractivity contribution in [2.75, 3.05) is 0 Å². The molecule has 0 saturated heterocycles. The molecule has 0 unspecified atom stereocenters. The van der Waals surface area contributed by atoms with Gasteiger partial charge in [-0.2, -0.15) is 0 Å². The summed E-state index contributed by atoms with van der Waals surface area (Å²) >= 11 is 0. The summed E-state index contributed by atoms with van der Waals surface area (Å²) in [5.74, 6) is -0.653. The molecular formula is C18H36CuO6S. The van der Waals surface area contributed by atoms with E-state index in [4.69, 9.17) is 22.6 Å². The Hall–Kier alpha value is -0.141. The predicted octanol–water partition coefficient (Wildman–Crippen LogP) is 4.99. The van der Waals surface area contributed by atoms with Gasteiger partial charge in [0, 0.05) is 16.8 Å². The number of hydrogen-bond acceptors (Lipinski definition) is 5. The molecule has 1 N–H and O–H groups in total. The maximum Gasteiger partial charge on any atom is 2.00 e. The zero-order valence-electron chi connectivity index (χ0n) is 16.0. The fourth-order valence-electron chi connectivity index (χ4n) is 2.65. The molecule has 1 radical (unpaired) electrons. The maximum absolute atomic E-state index is 10.3. The zero-order valence-corrected chi connectivity index (χ0v) is 17.8. The molecule has 0 rings (SSSR count). The molecule has 161 valence electrons. The molecule has 0 spiro atoms. The number of unbranched alkanes of at least 4 members (excludes halogenated alkanes) is 14. The molecule has 0 aliphatic heterocycles. The average molecular weight is 444 g/mol. The van der Waals surface area contributed by atoms with Crippen molar-refractivity contribution in [1.82, 2.24) is 0 Å². The fourth-order valence-corrected chi connectivity index (χ4v) is 2.65. The van der Waals surface area contributed by atoms with E-state index in [9.17, 15) is 4.79 Å². The minimum absolute atomic E-state index is 0. The molecule has 8 heteroatoms. The smallest absolute Gasteiger partial charge is 0.759 e. The van der Waals surface area contributed by atoms with Crippen molar-refractivity contribution in [3.8, 4) is 0 Å². The monoisotopic (exact) mass is 443 g/mol. The Morgan fingerprint density at radius 2 is 0.923 bits per heavy atom. The van der Waals surface area contributed by atoms with E-state index >= 15 is 0 Å². The van der Waals surface area contributed by atoms with Gasteiger partial charge in [0.2, 0.25) is 0 Å². The van der Waals surface area contributed by atoms with Gasteiger partial charge in [-0.1, -0.05) is 96.8 Å². The van der Waals surface area contributed by atoms with Crippen LogP contribution in [-0.4, -0.2) is 28.6 Å². The van der Waals surface area contributed by atoms with Gasteiger partial charge in [-0.05, 0) is 6.42 Å². The number of hydrogen-bond donors (Lipinski definition) is 1. The molecule has 26 heavy (non-hydrogen) atoms. The van der Waals surface area contributed by atoms with Gasteiger partial charge >= 0.3 is 23.0 Å². The third kappa shape index (κ3) is 43.9. The van der Waals surface area contributed by atoms with Gasteiger partial charge < -0.3 is 14.2 Å². The third-order valence-corrected chi connectivity index (χ3v) is 3.99. The van der Waals surface area contributed by atoms with Crippen LogP contribution < -0.4 is 0 Å². The van der Waals surface area contributed by atoms with Gasteiger partial charge in [0.25, 0.3) is 0 Å². The summed E-state index contributed by atoms with van der Waals surface area (Å²) in [6.45, 7) is 2.27. The van der Waals surface area contributed by atoms with Crippen molar-refractivity contribution < 1.29 is 44.5 Å². The number of rotatable bonds is 16. The van der Waals surface area contributed by atoms with Crippen molar-refractivity contribution in [2.24, 2.45) is 0 Å². The summed E-state index contributed by atoms with van der Waals surface area (Å²) in [4.78, 5) is 10.3. The number of carbonyl (C=O) groups is 1. The van der Waals surface area contributed by atoms with E-state index in [1.54, 1.807) is 0 Å². The summed E-state index contributed by atoms with van der Waals surface area (Å²) < 4.78 is 34.1. The molecule has 0 bridgehead atoms. The van der Waals surface area contributed by atoms with E-state index < -0.39 is 16.4 Å². The van der Waals surface area contributed by atoms with Crippen LogP contribution in [0.3, 0.4) is 0 Å². The van der Waals surface area contributed by atoms with Crippen molar-refractivity contribution >= 4 is 16.4 Å². The zero-order chi connectivity index (χ0) is 19.4. The summed E-state index contributed by atoms with van der Waals surface area (Å²) in [5.41, 5.74) is 0. The molecule has 0 heterocycles. The van der Waals surface area contributed by atoms with Crippen LogP contribution in [0, 0.1) is 0 Å². The van der Waals surface area contributed by atoms with Crippen LogP contribution in [-0.2, 0) is 32.3 Å². The van der Waals surface area contributed by atoms with Crippen LogP contribution in [0.1, 0.15) is 110 Å². The van der Waals surface area contributed by atoms with Gasteiger partial charge in [-0.25, -0.2) is 0 Å². The Kier molecular flexibility index (Phi) is 26.9. The van der Waals surface area contributed by atoms with Gasteiger partial charge in [-0.15, -0.1) is 0 Å². The maximum atomic E-state index is 10.3. The molecule has 0 aromatic rings. The van der Waals surface area contributed by atoms with Gasteiger partial charge in [0.15, 0.2) is 0 Å². The Bertz CT molecular complexity index is 379. The van der Waals surface area contributed by atoms with E-state index in [1.165, 1.54) is 83.5 Å². The van der Waals surface area contributed by atoms with E-state index in [1.807, 2.05) is 0 Å². The van der Waals surface area contributed by atoms with Crippen LogP contribution in [0.2, 0.25) is 0 Å². The molecule has 0 aromatic heterocycles. The van der Waals surface area contributed by atoms with E-state index in [2.05, 4.69) is 6.92 Å². The number of aliphatic carboxylic acids is 1. The molecule has 0 fully saturated rings. The SMILES string of the molecule is CCCCCCCCCCCCCCCCCC(=O)O.O=S(=O)([O-])[O-].[Cu+2]. The first kappa shape index (κ1) is 30.6. The van der Waals surface area contributed by atoms with Crippen molar-refractivity contribution in [3.05, 3.63) is 0 Å². The van der Waals surface area contributed by atoms with Gasteiger partial charge in [-0.3, -0.25) is 13.2 Å². The van der Waals surface area contributed by atoms with Crippen LogP contribution >= 0.6 is 0 Å². The molecule has 0 amide bonds. The molecule has 0 aliphatic rings. The van der Waals surface area contributed by atoms with Crippen LogP contribution in [0.15, 0.2) is 0 Å². The summed E-state index contributed by atoms with van der Waals surface area (Å²) in [6, 6.07) is 0. The minimum atomic E-state index is -5.17. The average Bonchev–Trinajstić information content (AvgIpc) is 2.49. The summed E-state index contributed by atoms with van der Waals surface area (Å²) in [5, 5.41) is 8.52. The van der Waals surface area contributed by atoms with Crippen molar-refractivity contribution in [1.29, 1.82) is 0 Å². The second-order valence-corrected chi connectivity index (χ2v) is 7.32. The minimum Gasteiger partial charge on any atom is -0.759 e. The Morgan fingerprint density at radius 3 is 1.15 bits per heavy atom. The molecule has 6 nitrogen and oxygen atoms in total. The fraction of sp³-hybridized carbons (Fsp3) is 0.944. The van der Waals surface area contributed by atoms with Crippen molar-refractivity contribution in [2.45, 2.75) is 110 Å². The quantitative estimate of drug-likeness (QED) is 0.155. The Morgan fingerprint density at radius 1 is 0.692 bits per heavy atom. The Balaban J connectivity index is -0.000000772. The first-order valence-electron chi connectivity index (χ1n) is 9.66. The van der Waals surface area contributed by atoms with Crippen molar-refractivity contribution in [3.63, 3.8) is 0 Å². The van der Waals surface area contributed by atoms with Crippen LogP contribution in [0.4, 0.5) is 0 Å². The predicted molar refractivity (Wildman–Crippen MR) is 97.7 cm³/mol. The molecule has 0 aliphatic carbocycles. The second kappa shape index (κ2) is 22.9. The molecular weight excluding hydrogens is 408 g/mol. The summed E-state index contributed by atoms with van der Waals surface area (Å²) in [7, 11) is -5.17. The van der Waals surface area contributed by atoms with E-state index in [0.29, 0.717) is 6.42 Å². The first-order chi connectivity index (χ1) is 11.8. The largest absolute Gasteiger partial charge is 2.00 e. The Labute approximate surface area is 170 Å². The van der Waals surface area contributed by atoms with Crippen LogP contribution in [0.25, 0.3) is 0 Å². The first-order valence-corrected chi connectivity index (χ1v) is 11.0. The molecule has 0 atom stereocenters. The van der Waals surface area contributed by atoms with E-state index in [0.717, 1.165) is 12.8 Å². The third-order valence-electron chi connectivity index (χ3n) is 3.99. The normalized spacial score (nSPS) is 10.6. The summed E-state index contributed by atoms with van der Waals surface area (Å²) in [6.07, 6.45) is 20.2. The number of carboxylic acid groups (broad SMARTS) is 1. The van der Waals surface area contributed by atoms with Crippen LogP contribution in [0.5, 0.6) is 0 Å². The topological polar surface area (TPSA) is 118 Å². The molecule has 0 aromatic carbocycles. The second-order valence-electron chi connectivity index (χ2n) is 6.50. The van der Waals surface area contributed by atoms with E-state index in [-0.39, 0.29) is 17.1 Å². The van der Waals surface area contributed by atoms with Gasteiger partial charge in [0.05, 0.1) is 0 Å².